The zero-order valence-corrected chi connectivity index (χ0v) is 9.64. The van der Waals surface area contributed by atoms with Gasteiger partial charge < -0.3 is 16.2 Å². The molecule has 1 aromatic carbocycles. The van der Waals surface area contributed by atoms with E-state index in [-0.39, 0.29) is 11.3 Å². The van der Waals surface area contributed by atoms with Crippen molar-refractivity contribution in [1.82, 2.24) is 5.32 Å². The number of aliphatic hydroxyl groups is 1. The third-order valence-corrected chi connectivity index (χ3v) is 2.26. The molecule has 0 spiro atoms. The number of amides is 1. The van der Waals surface area contributed by atoms with Crippen LogP contribution < -0.4 is 11.1 Å². The Bertz CT molecular complexity index is 464. The van der Waals surface area contributed by atoms with Crippen LogP contribution in [0.3, 0.4) is 0 Å². The van der Waals surface area contributed by atoms with E-state index in [0.29, 0.717) is 0 Å². The second-order valence-electron chi connectivity index (χ2n) is 3.90. The van der Waals surface area contributed by atoms with Crippen LogP contribution in [0.2, 0.25) is 0 Å². The number of benzene rings is 1. The molecule has 0 aliphatic heterocycles. The molecule has 1 aromatic rings. The fourth-order valence-corrected chi connectivity index (χ4v) is 1.32. The lowest BCUT2D eigenvalue weighted by Gasteiger charge is -2.14. The number of nitrogens with one attached hydrogen (secondary N) is 1. The SMILES string of the molecule is Cc1cc(N)cc(C(=O)NCC(F)(F)CO)c1F. The fourth-order valence-electron chi connectivity index (χ4n) is 1.32. The molecule has 0 heterocycles. The van der Waals surface area contributed by atoms with Crippen molar-refractivity contribution in [2.75, 3.05) is 18.9 Å². The second-order valence-corrected chi connectivity index (χ2v) is 3.90. The number of nitrogen functional groups attached to an aromatic ring is 1. The minimum absolute atomic E-state index is 0.147. The van der Waals surface area contributed by atoms with Gasteiger partial charge in [-0.1, -0.05) is 0 Å². The Hall–Kier alpha value is -1.76. The first kappa shape index (κ1) is 14.3. The summed E-state index contributed by atoms with van der Waals surface area (Å²) in [5.74, 6) is -5.26. The Balaban J connectivity index is 2.85. The van der Waals surface area contributed by atoms with Gasteiger partial charge in [-0.2, -0.15) is 0 Å². The summed E-state index contributed by atoms with van der Waals surface area (Å²) in [4.78, 5) is 11.5. The van der Waals surface area contributed by atoms with Crippen molar-refractivity contribution in [1.29, 1.82) is 0 Å². The van der Waals surface area contributed by atoms with E-state index in [1.54, 1.807) is 0 Å². The lowest BCUT2D eigenvalue weighted by molar-refractivity contribution is -0.0462. The van der Waals surface area contributed by atoms with Gasteiger partial charge in [0.1, 0.15) is 12.4 Å². The molecule has 4 N–H and O–H groups in total. The number of hydrogen-bond donors (Lipinski definition) is 3. The van der Waals surface area contributed by atoms with Gasteiger partial charge in [0.15, 0.2) is 0 Å². The molecule has 0 saturated heterocycles. The van der Waals surface area contributed by atoms with E-state index in [0.717, 1.165) is 6.07 Å². The maximum absolute atomic E-state index is 13.6. The summed E-state index contributed by atoms with van der Waals surface area (Å²) in [6.07, 6.45) is 0. The number of aryl methyl sites for hydroxylation is 1. The summed E-state index contributed by atoms with van der Waals surface area (Å²) < 4.78 is 39.0. The topological polar surface area (TPSA) is 75.4 Å². The highest BCUT2D eigenvalue weighted by molar-refractivity contribution is 5.95. The van der Waals surface area contributed by atoms with Gasteiger partial charge in [-0.15, -0.1) is 0 Å². The van der Waals surface area contributed by atoms with Crippen LogP contribution in [0.4, 0.5) is 18.9 Å². The number of hydrogen-bond acceptors (Lipinski definition) is 3. The van der Waals surface area contributed by atoms with Crippen LogP contribution in [0.15, 0.2) is 12.1 Å². The molecule has 0 radical (unpaired) electrons. The number of halogens is 3. The molecule has 18 heavy (non-hydrogen) atoms. The van der Waals surface area contributed by atoms with E-state index in [1.165, 1.54) is 13.0 Å². The maximum atomic E-state index is 13.6. The van der Waals surface area contributed by atoms with Crippen molar-refractivity contribution in [3.05, 3.63) is 29.1 Å². The van der Waals surface area contributed by atoms with Gasteiger partial charge >= 0.3 is 0 Å². The van der Waals surface area contributed by atoms with Crippen molar-refractivity contribution in [2.24, 2.45) is 0 Å². The third kappa shape index (κ3) is 3.36. The number of anilines is 1. The van der Waals surface area contributed by atoms with Gasteiger partial charge in [-0.05, 0) is 24.6 Å². The van der Waals surface area contributed by atoms with Crippen molar-refractivity contribution in [3.63, 3.8) is 0 Å². The number of alkyl halides is 2. The van der Waals surface area contributed by atoms with Crippen LogP contribution >= 0.6 is 0 Å². The molecule has 0 bridgehead atoms. The minimum Gasteiger partial charge on any atom is -0.399 e. The van der Waals surface area contributed by atoms with Crippen molar-refractivity contribution in [2.45, 2.75) is 12.8 Å². The van der Waals surface area contributed by atoms with Gasteiger partial charge in [0, 0.05) is 5.69 Å². The molecule has 1 rings (SSSR count). The largest absolute Gasteiger partial charge is 0.399 e. The zero-order chi connectivity index (χ0) is 13.9. The molecule has 4 nitrogen and oxygen atoms in total. The Morgan fingerprint density at radius 1 is 1.50 bits per heavy atom. The number of rotatable bonds is 4. The summed E-state index contributed by atoms with van der Waals surface area (Å²) in [6.45, 7) is -1.06. The monoisotopic (exact) mass is 262 g/mol. The quantitative estimate of drug-likeness (QED) is 0.710. The lowest BCUT2D eigenvalue weighted by atomic mass is 10.1. The Morgan fingerprint density at radius 3 is 2.67 bits per heavy atom. The van der Waals surface area contributed by atoms with Gasteiger partial charge in [0.05, 0.1) is 12.1 Å². The van der Waals surface area contributed by atoms with Gasteiger partial charge in [0.2, 0.25) is 0 Å². The van der Waals surface area contributed by atoms with E-state index in [2.05, 4.69) is 0 Å². The van der Waals surface area contributed by atoms with Crippen LogP contribution in [-0.2, 0) is 0 Å². The van der Waals surface area contributed by atoms with Crippen LogP contribution in [0.1, 0.15) is 15.9 Å². The first-order valence-electron chi connectivity index (χ1n) is 5.09. The number of aliphatic hydroxyl groups excluding tert-OH is 1. The summed E-state index contributed by atoms with van der Waals surface area (Å²) in [5.41, 5.74) is 5.35. The van der Waals surface area contributed by atoms with E-state index in [4.69, 9.17) is 10.8 Å². The lowest BCUT2D eigenvalue weighted by Crippen LogP contribution is -2.39. The van der Waals surface area contributed by atoms with E-state index >= 15 is 0 Å². The molecule has 7 heteroatoms. The normalized spacial score (nSPS) is 11.4. The smallest absolute Gasteiger partial charge is 0.287 e. The predicted octanol–water partition coefficient (Wildman–Crippen LogP) is 1.07. The molecule has 0 saturated carbocycles. The van der Waals surface area contributed by atoms with E-state index < -0.39 is 36.4 Å². The van der Waals surface area contributed by atoms with E-state index in [1.807, 2.05) is 5.32 Å². The molecular formula is C11H13F3N2O2. The summed E-state index contributed by atoms with van der Waals surface area (Å²) in [6, 6.07) is 2.39. The second kappa shape index (κ2) is 5.26. The van der Waals surface area contributed by atoms with Gasteiger partial charge in [-0.25, -0.2) is 13.2 Å². The van der Waals surface area contributed by atoms with Crippen molar-refractivity contribution in [3.8, 4) is 0 Å². The molecule has 0 aromatic heterocycles. The first-order chi connectivity index (χ1) is 8.26. The molecular weight excluding hydrogens is 249 g/mol. The highest BCUT2D eigenvalue weighted by Crippen LogP contribution is 2.17. The number of carbonyl (C=O) groups is 1. The Kier molecular flexibility index (Phi) is 4.18. The number of nitrogens with two attached hydrogens (primary N) is 1. The summed E-state index contributed by atoms with van der Waals surface area (Å²) >= 11 is 0. The molecule has 1 amide bonds. The molecule has 0 aliphatic rings. The Labute approximate surface area is 102 Å². The molecule has 0 aliphatic carbocycles. The summed E-state index contributed by atoms with van der Waals surface area (Å²) in [5, 5.41) is 10.2. The highest BCUT2D eigenvalue weighted by Gasteiger charge is 2.29. The van der Waals surface area contributed by atoms with Gasteiger partial charge in [-0.3, -0.25) is 4.79 Å². The van der Waals surface area contributed by atoms with Crippen molar-refractivity contribution < 1.29 is 23.1 Å². The zero-order valence-electron chi connectivity index (χ0n) is 9.64. The standard InChI is InChI=1S/C11H13F3N2O2/c1-6-2-7(15)3-8(9(6)12)10(18)16-4-11(13,14)5-17/h2-3,17H,4-5,15H2,1H3,(H,16,18). The Morgan fingerprint density at radius 2 is 2.11 bits per heavy atom. The highest BCUT2D eigenvalue weighted by atomic mass is 19.3. The maximum Gasteiger partial charge on any atom is 0.287 e. The molecule has 0 unspecified atom stereocenters. The van der Waals surface area contributed by atoms with Crippen LogP contribution in [0.5, 0.6) is 0 Å². The van der Waals surface area contributed by atoms with Crippen LogP contribution in [0, 0.1) is 12.7 Å². The molecule has 0 fully saturated rings. The first-order valence-corrected chi connectivity index (χ1v) is 5.09. The molecule has 0 atom stereocenters. The minimum atomic E-state index is -3.44. The van der Waals surface area contributed by atoms with Gasteiger partial charge in [0.25, 0.3) is 11.8 Å². The number of carbonyl (C=O) groups excluding carboxylic acids is 1. The predicted molar refractivity (Wildman–Crippen MR) is 59.9 cm³/mol. The van der Waals surface area contributed by atoms with Crippen molar-refractivity contribution >= 4 is 11.6 Å². The summed E-state index contributed by atoms with van der Waals surface area (Å²) in [7, 11) is 0. The third-order valence-electron chi connectivity index (χ3n) is 2.26. The fraction of sp³-hybridized carbons (Fsp3) is 0.364. The average molecular weight is 262 g/mol. The van der Waals surface area contributed by atoms with Crippen LogP contribution in [0.25, 0.3) is 0 Å². The van der Waals surface area contributed by atoms with Crippen LogP contribution in [-0.4, -0.2) is 30.1 Å². The van der Waals surface area contributed by atoms with E-state index in [9.17, 15) is 18.0 Å². The molecule has 100 valence electrons. The average Bonchev–Trinajstić information content (AvgIpc) is 2.31.